The van der Waals surface area contributed by atoms with Crippen molar-refractivity contribution in [2.45, 2.75) is 38.3 Å². The van der Waals surface area contributed by atoms with Crippen LogP contribution in [-0.2, 0) is 9.59 Å². The minimum atomic E-state index is -0.581. The number of urea groups is 1. The third-order valence-corrected chi connectivity index (χ3v) is 5.44. The Balaban J connectivity index is 1.57. The Labute approximate surface area is 178 Å². The summed E-state index contributed by atoms with van der Waals surface area (Å²) in [5.74, 6) is -0.260. The van der Waals surface area contributed by atoms with E-state index in [1.54, 1.807) is 24.3 Å². The molecule has 4 rings (SSSR count). The summed E-state index contributed by atoms with van der Waals surface area (Å²) in [5, 5.41) is 9.04. The number of imide groups is 1. The van der Waals surface area contributed by atoms with Crippen LogP contribution in [0.5, 0.6) is 0 Å². The minimum absolute atomic E-state index is 0.376. The lowest BCUT2D eigenvalue weighted by molar-refractivity contribution is -0.138. The molecule has 2 aliphatic rings. The average molecular weight is 429 g/mol. The molecule has 0 unspecified atom stereocenters. The smallest absolute Gasteiger partial charge is 0.325 e. The number of nitrogens with one attached hydrogen (secondary N) is 1. The molecule has 9 heteroatoms. The predicted molar refractivity (Wildman–Crippen MR) is 110 cm³/mol. The van der Waals surface area contributed by atoms with Crippen LogP contribution in [0.1, 0.15) is 43.6 Å². The molecule has 1 saturated heterocycles. The summed E-state index contributed by atoms with van der Waals surface area (Å²) in [6.45, 7) is 1.55. The molecule has 0 aliphatic carbocycles. The fraction of sp³-hybridized carbons (Fsp3) is 0.333. The summed E-state index contributed by atoms with van der Waals surface area (Å²) in [6, 6.07) is 9.11. The molecule has 1 aromatic heterocycles. The van der Waals surface area contributed by atoms with Crippen molar-refractivity contribution in [2.24, 2.45) is 5.10 Å². The first-order chi connectivity index (χ1) is 14.5. The van der Waals surface area contributed by atoms with Crippen LogP contribution in [0.4, 0.5) is 4.79 Å². The SMILES string of the molecule is CCC[C@@H]1NC(=O)N(CC(=O)N2N=C(c3ccc(Cl)cc3)C[C@H]2c2ccco2)C1=O. The summed E-state index contributed by atoms with van der Waals surface area (Å²) >= 11 is 5.97. The Hall–Kier alpha value is -3.13. The molecule has 4 amide bonds. The van der Waals surface area contributed by atoms with Crippen molar-refractivity contribution in [3.63, 3.8) is 0 Å². The van der Waals surface area contributed by atoms with Crippen molar-refractivity contribution in [1.29, 1.82) is 0 Å². The zero-order valence-electron chi connectivity index (χ0n) is 16.4. The summed E-state index contributed by atoms with van der Waals surface area (Å²) in [7, 11) is 0. The number of hydrazone groups is 1. The van der Waals surface area contributed by atoms with E-state index < -0.39 is 24.0 Å². The van der Waals surface area contributed by atoms with Gasteiger partial charge in [-0.25, -0.2) is 9.80 Å². The number of halogens is 1. The highest BCUT2D eigenvalue weighted by Crippen LogP contribution is 2.33. The molecule has 30 heavy (non-hydrogen) atoms. The van der Waals surface area contributed by atoms with E-state index >= 15 is 0 Å². The number of furan rings is 1. The monoisotopic (exact) mass is 428 g/mol. The number of hydrogen-bond acceptors (Lipinski definition) is 5. The molecular weight excluding hydrogens is 408 g/mol. The first-order valence-electron chi connectivity index (χ1n) is 9.78. The van der Waals surface area contributed by atoms with E-state index in [1.807, 2.05) is 19.1 Å². The van der Waals surface area contributed by atoms with Crippen molar-refractivity contribution in [3.05, 3.63) is 59.0 Å². The lowest BCUT2D eigenvalue weighted by atomic mass is 10.0. The highest BCUT2D eigenvalue weighted by molar-refractivity contribution is 6.30. The average Bonchev–Trinajstić information content (AvgIpc) is 3.45. The normalized spacial score (nSPS) is 21.2. The number of carbonyl (C=O) groups excluding carboxylic acids is 3. The van der Waals surface area contributed by atoms with Gasteiger partial charge < -0.3 is 9.73 Å². The second kappa shape index (κ2) is 8.31. The molecule has 0 bridgehead atoms. The Kier molecular flexibility index (Phi) is 5.59. The maximum Gasteiger partial charge on any atom is 0.325 e. The molecule has 1 aromatic carbocycles. The number of benzene rings is 1. The van der Waals surface area contributed by atoms with Crippen LogP contribution in [0.25, 0.3) is 0 Å². The van der Waals surface area contributed by atoms with Crippen LogP contribution in [0.15, 0.2) is 52.2 Å². The molecule has 2 aliphatic heterocycles. The van der Waals surface area contributed by atoms with Gasteiger partial charge in [-0.15, -0.1) is 0 Å². The van der Waals surface area contributed by atoms with Crippen molar-refractivity contribution in [1.82, 2.24) is 15.2 Å². The molecule has 0 radical (unpaired) electrons. The molecule has 1 fully saturated rings. The second-order valence-electron chi connectivity index (χ2n) is 7.24. The summed E-state index contributed by atoms with van der Waals surface area (Å²) in [6.07, 6.45) is 3.26. The topological polar surface area (TPSA) is 95.2 Å². The summed E-state index contributed by atoms with van der Waals surface area (Å²) < 4.78 is 5.51. The third kappa shape index (κ3) is 3.82. The molecule has 0 saturated carbocycles. The molecule has 156 valence electrons. The fourth-order valence-corrected chi connectivity index (χ4v) is 3.80. The van der Waals surface area contributed by atoms with Gasteiger partial charge in [0.05, 0.1) is 12.0 Å². The Bertz CT molecular complexity index is 987. The standard InChI is InChI=1S/C21H21ClN4O4/c1-2-4-15-20(28)25(21(29)23-15)12-19(27)26-17(18-5-3-10-30-18)11-16(24-26)13-6-8-14(22)9-7-13/h3,5-10,15,17H,2,4,11-12H2,1H3,(H,23,29)/t15-,17-/m0/s1. The van der Waals surface area contributed by atoms with Crippen molar-refractivity contribution >= 4 is 35.2 Å². The van der Waals surface area contributed by atoms with Gasteiger partial charge in [-0.3, -0.25) is 14.5 Å². The molecule has 8 nitrogen and oxygen atoms in total. The first-order valence-corrected chi connectivity index (χ1v) is 10.2. The number of amides is 4. The van der Waals surface area contributed by atoms with Gasteiger partial charge in [0, 0.05) is 11.4 Å². The van der Waals surface area contributed by atoms with Crippen LogP contribution in [0.2, 0.25) is 5.02 Å². The van der Waals surface area contributed by atoms with Crippen LogP contribution in [-0.4, -0.2) is 46.1 Å². The van der Waals surface area contributed by atoms with Gasteiger partial charge in [-0.1, -0.05) is 37.1 Å². The van der Waals surface area contributed by atoms with E-state index in [0.717, 1.165) is 16.9 Å². The number of hydrogen-bond donors (Lipinski definition) is 1. The van der Waals surface area contributed by atoms with Crippen molar-refractivity contribution in [3.8, 4) is 0 Å². The molecule has 3 heterocycles. The lowest BCUT2D eigenvalue weighted by Crippen LogP contribution is -2.41. The third-order valence-electron chi connectivity index (χ3n) is 5.19. The van der Waals surface area contributed by atoms with Crippen LogP contribution in [0, 0.1) is 0 Å². The van der Waals surface area contributed by atoms with E-state index in [2.05, 4.69) is 10.4 Å². The van der Waals surface area contributed by atoms with Gasteiger partial charge in [-0.05, 0) is 36.2 Å². The van der Waals surface area contributed by atoms with E-state index in [-0.39, 0.29) is 12.5 Å². The van der Waals surface area contributed by atoms with Crippen LogP contribution >= 0.6 is 11.6 Å². The largest absolute Gasteiger partial charge is 0.467 e. The Morgan fingerprint density at radius 3 is 2.70 bits per heavy atom. The van der Waals surface area contributed by atoms with Crippen molar-refractivity contribution in [2.75, 3.05) is 6.54 Å². The maximum absolute atomic E-state index is 13.1. The summed E-state index contributed by atoms with van der Waals surface area (Å²) in [4.78, 5) is 38.7. The van der Waals surface area contributed by atoms with E-state index in [1.165, 1.54) is 11.3 Å². The Morgan fingerprint density at radius 2 is 2.03 bits per heavy atom. The van der Waals surface area contributed by atoms with E-state index in [9.17, 15) is 14.4 Å². The first kappa shape index (κ1) is 20.2. The van der Waals surface area contributed by atoms with Gasteiger partial charge in [-0.2, -0.15) is 5.10 Å². The van der Waals surface area contributed by atoms with Gasteiger partial charge in [0.15, 0.2) is 0 Å². The molecule has 0 spiro atoms. The number of nitrogens with zero attached hydrogens (tertiary/aromatic N) is 3. The zero-order chi connectivity index (χ0) is 21.3. The Morgan fingerprint density at radius 1 is 1.27 bits per heavy atom. The molecular formula is C21H21ClN4O4. The van der Waals surface area contributed by atoms with Crippen LogP contribution < -0.4 is 5.32 Å². The van der Waals surface area contributed by atoms with Crippen LogP contribution in [0.3, 0.4) is 0 Å². The highest BCUT2D eigenvalue weighted by atomic mass is 35.5. The maximum atomic E-state index is 13.1. The predicted octanol–water partition coefficient (Wildman–Crippen LogP) is 3.33. The lowest BCUT2D eigenvalue weighted by Gasteiger charge is -2.22. The molecule has 1 N–H and O–H groups in total. The number of carbonyl (C=O) groups is 3. The van der Waals surface area contributed by atoms with Gasteiger partial charge in [0.2, 0.25) is 0 Å². The van der Waals surface area contributed by atoms with E-state index in [4.69, 9.17) is 16.0 Å². The summed E-state index contributed by atoms with van der Waals surface area (Å²) in [5.41, 5.74) is 1.53. The quantitative estimate of drug-likeness (QED) is 0.714. The van der Waals surface area contributed by atoms with Crippen molar-refractivity contribution < 1.29 is 18.8 Å². The molecule has 2 atom stereocenters. The number of rotatable bonds is 6. The zero-order valence-corrected chi connectivity index (χ0v) is 17.1. The highest BCUT2D eigenvalue weighted by Gasteiger charge is 2.41. The fourth-order valence-electron chi connectivity index (χ4n) is 3.68. The minimum Gasteiger partial charge on any atom is -0.467 e. The van der Waals surface area contributed by atoms with Gasteiger partial charge >= 0.3 is 6.03 Å². The molecule has 2 aromatic rings. The van der Waals surface area contributed by atoms with Gasteiger partial charge in [0.1, 0.15) is 24.4 Å². The second-order valence-corrected chi connectivity index (χ2v) is 7.68. The van der Waals surface area contributed by atoms with E-state index in [0.29, 0.717) is 29.3 Å². The van der Waals surface area contributed by atoms with Gasteiger partial charge in [0.25, 0.3) is 11.8 Å².